The molecule has 0 N–H and O–H groups in total. The first-order chi connectivity index (χ1) is 22.8. The van der Waals surface area contributed by atoms with Crippen molar-refractivity contribution < 1.29 is 0 Å². The highest BCUT2D eigenvalue weighted by Gasteiger charge is 2.62. The number of hydrogen-bond acceptors (Lipinski definition) is 0. The Morgan fingerprint density at radius 2 is 0.957 bits per heavy atom. The van der Waals surface area contributed by atoms with E-state index in [0.29, 0.717) is 0 Å². The minimum absolute atomic E-state index is 0.152. The molecule has 0 atom stereocenters. The van der Waals surface area contributed by atoms with Crippen molar-refractivity contribution in [2.24, 2.45) is 23.7 Å². The van der Waals surface area contributed by atoms with Crippen LogP contribution in [0, 0.1) is 23.7 Å². The maximum absolute atomic E-state index is 2.60. The summed E-state index contributed by atoms with van der Waals surface area (Å²) in [4.78, 5) is 0. The molecule has 0 unspecified atom stereocenters. The van der Waals surface area contributed by atoms with E-state index in [0.717, 1.165) is 23.7 Å². The first-order valence-corrected chi connectivity index (χ1v) is 17.5. The molecule has 1 spiro atoms. The van der Waals surface area contributed by atoms with Crippen LogP contribution in [0.15, 0.2) is 133 Å². The molecule has 4 saturated carbocycles. The van der Waals surface area contributed by atoms with Gasteiger partial charge in [0.15, 0.2) is 0 Å². The molecule has 4 fully saturated rings. The Bertz CT molecular complexity index is 2290. The van der Waals surface area contributed by atoms with E-state index in [9.17, 15) is 0 Å². The zero-order chi connectivity index (χ0) is 30.0. The summed E-state index contributed by atoms with van der Waals surface area (Å²) in [6, 6.07) is 50.9. The van der Waals surface area contributed by atoms with Crippen LogP contribution in [0.2, 0.25) is 0 Å². The fraction of sp³-hybridized carbons (Fsp3) is 0.217. The highest BCUT2D eigenvalue weighted by atomic mass is 14.6. The second-order valence-electron chi connectivity index (χ2n) is 14.9. The third kappa shape index (κ3) is 3.20. The minimum Gasteiger partial charge on any atom is -0.0622 e. The van der Waals surface area contributed by atoms with Gasteiger partial charge in [-0.1, -0.05) is 127 Å². The highest BCUT2D eigenvalue weighted by molar-refractivity contribution is 6.21. The first kappa shape index (κ1) is 25.5. The summed E-state index contributed by atoms with van der Waals surface area (Å²) < 4.78 is 0. The second-order valence-corrected chi connectivity index (χ2v) is 14.9. The molecule has 7 aromatic carbocycles. The lowest BCUT2D eigenvalue weighted by molar-refractivity contribution is -0.0393. The Balaban J connectivity index is 1.22. The van der Waals surface area contributed by atoms with Gasteiger partial charge in [-0.25, -0.2) is 0 Å². The van der Waals surface area contributed by atoms with Crippen molar-refractivity contribution in [1.82, 2.24) is 0 Å². The fourth-order valence-corrected chi connectivity index (χ4v) is 11.5. The Morgan fingerprint density at radius 1 is 0.413 bits per heavy atom. The van der Waals surface area contributed by atoms with Gasteiger partial charge in [0.1, 0.15) is 0 Å². The van der Waals surface area contributed by atoms with Crippen molar-refractivity contribution in [3.63, 3.8) is 0 Å². The maximum Gasteiger partial charge on any atom is 0.0278 e. The van der Waals surface area contributed by atoms with Crippen LogP contribution in [0.5, 0.6) is 0 Å². The van der Waals surface area contributed by atoms with Gasteiger partial charge in [-0.15, -0.1) is 0 Å². The Labute approximate surface area is 270 Å². The molecule has 0 nitrogen and oxygen atoms in total. The SMILES string of the molecule is c1ccc(-c2c3ccccc3c(-c3ccc4c(c3)-c3ccc5ccccc5c3C43C4CC5CC(C4)CC3C5)c3ccccc23)cc1. The smallest absolute Gasteiger partial charge is 0.0278 e. The topological polar surface area (TPSA) is 0 Å². The van der Waals surface area contributed by atoms with Crippen LogP contribution >= 0.6 is 0 Å². The number of benzene rings is 7. The number of rotatable bonds is 2. The molecule has 220 valence electrons. The van der Waals surface area contributed by atoms with E-state index in [1.807, 2.05) is 0 Å². The third-order valence-corrected chi connectivity index (χ3v) is 12.8. The summed E-state index contributed by atoms with van der Waals surface area (Å²) in [5, 5.41) is 8.21. The molecule has 0 amide bonds. The molecule has 46 heavy (non-hydrogen) atoms. The predicted octanol–water partition coefficient (Wildman–Crippen LogP) is 12.2. The van der Waals surface area contributed by atoms with Crippen LogP contribution in [-0.4, -0.2) is 0 Å². The molecule has 7 aromatic rings. The van der Waals surface area contributed by atoms with E-state index in [-0.39, 0.29) is 5.41 Å². The minimum atomic E-state index is 0.152. The number of hydrogen-bond donors (Lipinski definition) is 0. The Morgan fingerprint density at radius 3 is 1.59 bits per heavy atom. The fourth-order valence-electron chi connectivity index (χ4n) is 11.5. The molecule has 0 radical (unpaired) electrons. The van der Waals surface area contributed by atoms with Crippen molar-refractivity contribution in [3.8, 4) is 33.4 Å². The van der Waals surface area contributed by atoms with Gasteiger partial charge in [0.2, 0.25) is 0 Å². The lowest BCUT2D eigenvalue weighted by Crippen LogP contribution is -2.55. The summed E-state index contributed by atoms with van der Waals surface area (Å²) in [6.45, 7) is 0. The molecular formula is C46H36. The predicted molar refractivity (Wildman–Crippen MR) is 193 cm³/mol. The maximum atomic E-state index is 2.60. The van der Waals surface area contributed by atoms with Gasteiger partial charge >= 0.3 is 0 Å². The van der Waals surface area contributed by atoms with Crippen LogP contribution < -0.4 is 0 Å². The second kappa shape index (κ2) is 9.20. The van der Waals surface area contributed by atoms with Crippen LogP contribution in [0.25, 0.3) is 65.7 Å². The summed E-state index contributed by atoms with van der Waals surface area (Å²) in [5.74, 6) is 3.39. The van der Waals surface area contributed by atoms with E-state index in [1.54, 1.807) is 11.1 Å². The first-order valence-electron chi connectivity index (χ1n) is 17.5. The van der Waals surface area contributed by atoms with Gasteiger partial charge in [0.25, 0.3) is 0 Å². The van der Waals surface area contributed by atoms with Gasteiger partial charge in [0, 0.05) is 5.41 Å². The molecular weight excluding hydrogens is 553 g/mol. The average molecular weight is 589 g/mol. The van der Waals surface area contributed by atoms with Crippen molar-refractivity contribution in [2.45, 2.75) is 37.5 Å². The van der Waals surface area contributed by atoms with Crippen molar-refractivity contribution >= 4 is 32.3 Å². The van der Waals surface area contributed by atoms with E-state index in [2.05, 4.69) is 133 Å². The van der Waals surface area contributed by atoms with E-state index in [4.69, 9.17) is 0 Å². The molecule has 5 aliphatic carbocycles. The van der Waals surface area contributed by atoms with E-state index >= 15 is 0 Å². The third-order valence-electron chi connectivity index (χ3n) is 12.8. The lowest BCUT2D eigenvalue weighted by Gasteiger charge is -2.61. The van der Waals surface area contributed by atoms with Crippen LogP contribution in [0.1, 0.15) is 43.2 Å². The average Bonchev–Trinajstić information content (AvgIpc) is 3.40. The standard InChI is InChI=1S/C46H36/c1-2-11-31(12-3-1)43-36-14-6-8-16-38(36)44(39-17-9-7-15-37(39)43)32-19-21-42-41(27-32)40-20-18-30-10-4-5-13-35(30)45(40)46(42)33-23-28-22-29(25-33)26-34(46)24-28/h1-21,27-29,33-34H,22-26H2. The number of fused-ring (bicyclic) bond motifs is 7. The van der Waals surface area contributed by atoms with Crippen LogP contribution in [0.4, 0.5) is 0 Å². The monoisotopic (exact) mass is 588 g/mol. The molecule has 0 aromatic heterocycles. The van der Waals surface area contributed by atoms with E-state index < -0.39 is 0 Å². The summed E-state index contributed by atoms with van der Waals surface area (Å²) >= 11 is 0. The highest BCUT2D eigenvalue weighted by Crippen LogP contribution is 2.70. The zero-order valence-electron chi connectivity index (χ0n) is 26.0. The molecule has 4 bridgehead atoms. The Kier molecular flexibility index (Phi) is 5.10. The van der Waals surface area contributed by atoms with Crippen LogP contribution in [-0.2, 0) is 5.41 Å². The molecule has 0 aliphatic heterocycles. The van der Waals surface area contributed by atoms with Gasteiger partial charge < -0.3 is 0 Å². The van der Waals surface area contributed by atoms with Gasteiger partial charge in [-0.3, -0.25) is 0 Å². The van der Waals surface area contributed by atoms with Crippen molar-refractivity contribution in [1.29, 1.82) is 0 Å². The quantitative estimate of drug-likeness (QED) is 0.176. The zero-order valence-corrected chi connectivity index (χ0v) is 26.0. The van der Waals surface area contributed by atoms with Crippen LogP contribution in [0.3, 0.4) is 0 Å². The van der Waals surface area contributed by atoms with Gasteiger partial charge in [-0.2, -0.15) is 0 Å². The largest absolute Gasteiger partial charge is 0.0622 e. The molecule has 0 heterocycles. The molecule has 0 saturated heterocycles. The molecule has 0 heteroatoms. The van der Waals surface area contributed by atoms with Crippen molar-refractivity contribution in [2.75, 3.05) is 0 Å². The van der Waals surface area contributed by atoms with Gasteiger partial charge in [0.05, 0.1) is 0 Å². The summed E-state index contributed by atoms with van der Waals surface area (Å²) in [5.41, 5.74) is 11.8. The molecule has 5 aliphatic rings. The summed E-state index contributed by atoms with van der Waals surface area (Å²) in [6.07, 6.45) is 7.12. The molecule has 12 rings (SSSR count). The van der Waals surface area contributed by atoms with E-state index in [1.165, 1.54) is 97.8 Å². The normalized spacial score (nSPS) is 25.5. The lowest BCUT2D eigenvalue weighted by atomic mass is 9.43. The van der Waals surface area contributed by atoms with Crippen molar-refractivity contribution in [3.05, 3.63) is 145 Å². The Hall–Kier alpha value is -4.68. The summed E-state index contributed by atoms with van der Waals surface area (Å²) in [7, 11) is 0. The van der Waals surface area contributed by atoms with Gasteiger partial charge in [-0.05, 0) is 139 Å².